The minimum atomic E-state index is -0.728. The summed E-state index contributed by atoms with van der Waals surface area (Å²) in [6.07, 6.45) is 2.82. The summed E-state index contributed by atoms with van der Waals surface area (Å²) >= 11 is 5.93. The van der Waals surface area contributed by atoms with Crippen LogP contribution in [0.4, 0.5) is 4.39 Å². The molecule has 0 bridgehead atoms. The van der Waals surface area contributed by atoms with Crippen molar-refractivity contribution in [2.75, 3.05) is 0 Å². The lowest BCUT2D eigenvalue weighted by Crippen LogP contribution is -2.20. The average Bonchev–Trinajstić information content (AvgIpc) is 2.33. The maximum atomic E-state index is 13.3. The van der Waals surface area contributed by atoms with Gasteiger partial charge < -0.3 is 5.11 Å². The molecule has 4 heteroatoms. The fourth-order valence-corrected chi connectivity index (χ4v) is 2.77. The van der Waals surface area contributed by atoms with Gasteiger partial charge in [0.25, 0.3) is 0 Å². The summed E-state index contributed by atoms with van der Waals surface area (Å²) in [7, 11) is 0. The molecule has 0 atom stereocenters. The van der Waals surface area contributed by atoms with Gasteiger partial charge in [-0.2, -0.15) is 0 Å². The first kappa shape index (κ1) is 12.4. The summed E-state index contributed by atoms with van der Waals surface area (Å²) in [6, 6.07) is 4.83. The van der Waals surface area contributed by atoms with Crippen LogP contribution in [0.2, 0.25) is 5.02 Å². The zero-order valence-corrected chi connectivity index (χ0v) is 10.1. The van der Waals surface area contributed by atoms with Crippen molar-refractivity contribution in [3.8, 4) is 0 Å². The molecule has 92 valence electrons. The van der Waals surface area contributed by atoms with Crippen LogP contribution >= 0.6 is 11.6 Å². The summed E-state index contributed by atoms with van der Waals surface area (Å²) < 4.78 is 13.3. The molecule has 0 saturated heterocycles. The topological polar surface area (TPSA) is 37.3 Å². The Morgan fingerprint density at radius 1 is 1.29 bits per heavy atom. The Morgan fingerprint density at radius 3 is 2.53 bits per heavy atom. The van der Waals surface area contributed by atoms with Crippen molar-refractivity contribution in [2.45, 2.75) is 31.6 Å². The molecule has 1 N–H and O–H groups in total. The van der Waals surface area contributed by atoms with E-state index in [0.29, 0.717) is 12.8 Å². The fraction of sp³-hybridized carbons (Fsp3) is 0.462. The third-order valence-corrected chi connectivity index (χ3v) is 3.90. The van der Waals surface area contributed by atoms with Crippen molar-refractivity contribution in [2.24, 2.45) is 5.92 Å². The third-order valence-electron chi connectivity index (χ3n) is 3.50. The van der Waals surface area contributed by atoms with E-state index in [2.05, 4.69) is 0 Å². The van der Waals surface area contributed by atoms with Gasteiger partial charge in [-0.25, -0.2) is 4.39 Å². The van der Waals surface area contributed by atoms with Crippen LogP contribution in [0, 0.1) is 11.7 Å². The molecule has 1 saturated carbocycles. The monoisotopic (exact) mass is 256 g/mol. The van der Waals surface area contributed by atoms with E-state index in [1.54, 1.807) is 6.07 Å². The van der Waals surface area contributed by atoms with Crippen LogP contribution in [-0.2, 0) is 4.79 Å². The Balaban J connectivity index is 2.10. The number of benzene rings is 1. The Kier molecular flexibility index (Phi) is 3.67. The average molecular weight is 257 g/mol. The molecule has 2 nitrogen and oxygen atoms in total. The van der Waals surface area contributed by atoms with Gasteiger partial charge in [-0.15, -0.1) is 0 Å². The van der Waals surface area contributed by atoms with Crippen molar-refractivity contribution in [1.29, 1.82) is 0 Å². The second-order valence-corrected chi connectivity index (χ2v) is 4.91. The van der Waals surface area contributed by atoms with E-state index in [1.165, 1.54) is 6.07 Å². The van der Waals surface area contributed by atoms with Crippen LogP contribution in [0.5, 0.6) is 0 Å². The van der Waals surface area contributed by atoms with E-state index in [0.717, 1.165) is 18.4 Å². The molecule has 0 heterocycles. The highest BCUT2D eigenvalue weighted by atomic mass is 35.5. The molecular weight excluding hydrogens is 243 g/mol. The SMILES string of the molecule is O=C(O)C1CCC(c2cccc(F)c2Cl)CC1. The minimum Gasteiger partial charge on any atom is -0.481 e. The number of halogens is 2. The van der Waals surface area contributed by atoms with Crippen LogP contribution in [-0.4, -0.2) is 11.1 Å². The number of hydrogen-bond donors (Lipinski definition) is 1. The number of carboxylic acids is 1. The van der Waals surface area contributed by atoms with Gasteiger partial charge >= 0.3 is 5.97 Å². The van der Waals surface area contributed by atoms with E-state index in [-0.39, 0.29) is 16.9 Å². The predicted molar refractivity (Wildman–Crippen MR) is 63.7 cm³/mol. The molecule has 1 aliphatic carbocycles. The van der Waals surface area contributed by atoms with Gasteiger partial charge in [0.1, 0.15) is 5.82 Å². The van der Waals surface area contributed by atoms with Crippen molar-refractivity contribution in [3.63, 3.8) is 0 Å². The highest BCUT2D eigenvalue weighted by molar-refractivity contribution is 6.31. The molecule has 0 spiro atoms. The van der Waals surface area contributed by atoms with Crippen LogP contribution < -0.4 is 0 Å². The lowest BCUT2D eigenvalue weighted by molar-refractivity contribution is -0.142. The van der Waals surface area contributed by atoms with Gasteiger partial charge in [0, 0.05) is 0 Å². The zero-order chi connectivity index (χ0) is 12.4. The summed E-state index contributed by atoms with van der Waals surface area (Å²) in [5.41, 5.74) is 0.815. The van der Waals surface area contributed by atoms with Crippen LogP contribution in [0.15, 0.2) is 18.2 Å². The van der Waals surface area contributed by atoms with E-state index in [4.69, 9.17) is 16.7 Å². The molecule has 17 heavy (non-hydrogen) atoms. The molecule has 1 fully saturated rings. The summed E-state index contributed by atoms with van der Waals surface area (Å²) in [6.45, 7) is 0. The molecule has 0 amide bonds. The normalized spacial score (nSPS) is 24.6. The number of carboxylic acid groups (broad SMARTS) is 1. The number of hydrogen-bond acceptors (Lipinski definition) is 1. The van der Waals surface area contributed by atoms with E-state index in [1.807, 2.05) is 6.07 Å². The summed E-state index contributed by atoms with van der Waals surface area (Å²) in [5.74, 6) is -1.19. The first-order chi connectivity index (χ1) is 8.09. The van der Waals surface area contributed by atoms with Crippen molar-refractivity contribution < 1.29 is 14.3 Å². The lowest BCUT2D eigenvalue weighted by Gasteiger charge is -2.27. The van der Waals surface area contributed by atoms with Gasteiger partial charge in [-0.1, -0.05) is 23.7 Å². The second-order valence-electron chi connectivity index (χ2n) is 4.53. The highest BCUT2D eigenvalue weighted by Gasteiger charge is 2.28. The molecule has 0 radical (unpaired) electrons. The second kappa shape index (κ2) is 5.05. The van der Waals surface area contributed by atoms with Crippen molar-refractivity contribution in [3.05, 3.63) is 34.6 Å². The maximum Gasteiger partial charge on any atom is 0.306 e. The Labute approximate surface area is 104 Å². The highest BCUT2D eigenvalue weighted by Crippen LogP contribution is 2.39. The Morgan fingerprint density at radius 2 is 1.94 bits per heavy atom. The van der Waals surface area contributed by atoms with E-state index in [9.17, 15) is 9.18 Å². The smallest absolute Gasteiger partial charge is 0.306 e. The van der Waals surface area contributed by atoms with Crippen molar-refractivity contribution in [1.82, 2.24) is 0 Å². The molecule has 0 unspecified atom stereocenters. The molecule has 1 aromatic rings. The fourth-order valence-electron chi connectivity index (χ4n) is 2.49. The van der Waals surface area contributed by atoms with E-state index < -0.39 is 11.8 Å². The van der Waals surface area contributed by atoms with Crippen LogP contribution in [0.3, 0.4) is 0 Å². The van der Waals surface area contributed by atoms with Gasteiger partial charge in [-0.05, 0) is 43.2 Å². The van der Waals surface area contributed by atoms with Gasteiger partial charge in [0.05, 0.1) is 10.9 Å². The Bertz CT molecular complexity index is 425. The van der Waals surface area contributed by atoms with Gasteiger partial charge in [-0.3, -0.25) is 4.79 Å². The number of carbonyl (C=O) groups is 1. The summed E-state index contributed by atoms with van der Waals surface area (Å²) in [5, 5.41) is 9.09. The number of aliphatic carboxylic acids is 1. The maximum absolute atomic E-state index is 13.3. The van der Waals surface area contributed by atoms with Crippen LogP contribution in [0.25, 0.3) is 0 Å². The zero-order valence-electron chi connectivity index (χ0n) is 9.33. The third kappa shape index (κ3) is 2.60. The van der Waals surface area contributed by atoms with Crippen molar-refractivity contribution >= 4 is 17.6 Å². The quantitative estimate of drug-likeness (QED) is 0.873. The standard InChI is InChI=1S/C13H14ClFO2/c14-12-10(2-1-3-11(12)15)8-4-6-9(7-5-8)13(16)17/h1-3,8-9H,4-7H2,(H,16,17). The van der Waals surface area contributed by atoms with E-state index >= 15 is 0 Å². The summed E-state index contributed by atoms with van der Waals surface area (Å²) in [4.78, 5) is 10.8. The van der Waals surface area contributed by atoms with Gasteiger partial charge in [0.2, 0.25) is 0 Å². The van der Waals surface area contributed by atoms with Gasteiger partial charge in [0.15, 0.2) is 0 Å². The molecular formula is C13H14ClFO2. The molecule has 0 aliphatic heterocycles. The molecule has 0 aromatic heterocycles. The van der Waals surface area contributed by atoms with Crippen LogP contribution in [0.1, 0.15) is 37.2 Å². The molecule has 1 aromatic carbocycles. The minimum absolute atomic E-state index is 0.186. The molecule has 2 rings (SSSR count). The largest absolute Gasteiger partial charge is 0.481 e. The first-order valence-corrected chi connectivity index (χ1v) is 6.14. The first-order valence-electron chi connectivity index (χ1n) is 5.76. The lowest BCUT2D eigenvalue weighted by atomic mass is 9.79. The Hall–Kier alpha value is -1.09. The molecule has 1 aliphatic rings. The predicted octanol–water partition coefficient (Wildman–Crippen LogP) is 3.84. The number of rotatable bonds is 2.